The highest BCUT2D eigenvalue weighted by molar-refractivity contribution is 7.15. The van der Waals surface area contributed by atoms with Gasteiger partial charge in [0.05, 0.1) is 24.0 Å². The van der Waals surface area contributed by atoms with Crippen molar-refractivity contribution in [3.05, 3.63) is 95.3 Å². The summed E-state index contributed by atoms with van der Waals surface area (Å²) < 4.78 is 24.2. The Bertz CT molecular complexity index is 1530. The van der Waals surface area contributed by atoms with Gasteiger partial charge in [-0.2, -0.15) is 0 Å². The zero-order valence-electron chi connectivity index (χ0n) is 18.6. The Morgan fingerprint density at radius 3 is 2.63 bits per heavy atom. The van der Waals surface area contributed by atoms with E-state index >= 15 is 0 Å². The van der Waals surface area contributed by atoms with Crippen LogP contribution in [0.3, 0.4) is 0 Å². The Morgan fingerprint density at radius 2 is 1.89 bits per heavy atom. The number of halogens is 1. The molecule has 174 valence electrons. The number of anilines is 1. The second kappa shape index (κ2) is 9.52. The van der Waals surface area contributed by atoms with Gasteiger partial charge in [-0.1, -0.05) is 30.3 Å². The van der Waals surface area contributed by atoms with Crippen LogP contribution in [0.2, 0.25) is 0 Å². The number of rotatable bonds is 6. The third-order valence-corrected chi connectivity index (χ3v) is 6.28. The summed E-state index contributed by atoms with van der Waals surface area (Å²) >= 11 is 1.20. The highest BCUT2D eigenvalue weighted by Crippen LogP contribution is 2.37. The molecule has 0 aliphatic rings. The highest BCUT2D eigenvalue weighted by Gasteiger charge is 2.24. The average molecular weight is 487 g/mol. The zero-order valence-corrected chi connectivity index (χ0v) is 19.4. The van der Waals surface area contributed by atoms with Gasteiger partial charge in [-0.25, -0.2) is 14.2 Å². The van der Waals surface area contributed by atoms with Crippen LogP contribution in [0.1, 0.15) is 27.6 Å². The van der Waals surface area contributed by atoms with Crippen LogP contribution < -0.4 is 5.32 Å². The van der Waals surface area contributed by atoms with Crippen molar-refractivity contribution in [3.8, 4) is 22.6 Å². The Balaban J connectivity index is 1.57. The largest absolute Gasteiger partial charge is 0.463 e. The van der Waals surface area contributed by atoms with Crippen molar-refractivity contribution in [2.45, 2.75) is 6.92 Å². The van der Waals surface area contributed by atoms with E-state index in [0.29, 0.717) is 44.0 Å². The predicted octanol–water partition coefficient (Wildman–Crippen LogP) is 6.79. The molecule has 0 atom stereocenters. The third kappa shape index (κ3) is 4.43. The molecule has 5 rings (SSSR count). The first-order chi connectivity index (χ1) is 17.0. The molecule has 35 heavy (non-hydrogen) atoms. The zero-order chi connectivity index (χ0) is 24.4. The molecule has 1 N–H and O–H groups in total. The maximum atomic E-state index is 13.5. The molecule has 5 aromatic rings. The number of hydrogen-bond acceptors (Lipinski definition) is 6. The number of nitrogens with one attached hydrogen (secondary N) is 1. The summed E-state index contributed by atoms with van der Waals surface area (Å²) in [5.74, 6) is -0.826. The van der Waals surface area contributed by atoms with E-state index in [-0.39, 0.29) is 18.0 Å². The van der Waals surface area contributed by atoms with E-state index in [1.165, 1.54) is 23.5 Å². The maximum absolute atomic E-state index is 13.5. The number of benzene rings is 2. The molecular weight excluding hydrogens is 467 g/mol. The van der Waals surface area contributed by atoms with Crippen LogP contribution in [0.5, 0.6) is 0 Å². The lowest BCUT2D eigenvalue weighted by atomic mass is 10.0. The number of furan rings is 1. The van der Waals surface area contributed by atoms with E-state index < -0.39 is 11.9 Å². The minimum atomic E-state index is -0.570. The number of aromatic nitrogens is 1. The summed E-state index contributed by atoms with van der Waals surface area (Å²) in [5.41, 5.74) is 2.95. The van der Waals surface area contributed by atoms with E-state index in [0.717, 1.165) is 0 Å². The summed E-state index contributed by atoms with van der Waals surface area (Å²) in [6, 6.07) is 18.3. The number of thiophene rings is 1. The molecule has 0 aliphatic carbocycles. The van der Waals surface area contributed by atoms with Gasteiger partial charge in [-0.3, -0.25) is 4.79 Å². The van der Waals surface area contributed by atoms with E-state index in [9.17, 15) is 14.0 Å². The summed E-state index contributed by atoms with van der Waals surface area (Å²) in [5, 5.41) is 5.62. The molecule has 2 aromatic carbocycles. The number of nitrogens with zero attached hydrogens (tertiary/aromatic N) is 1. The first-order valence-electron chi connectivity index (χ1n) is 10.8. The number of amides is 1. The number of hydrogen-bond donors (Lipinski definition) is 1. The van der Waals surface area contributed by atoms with Crippen LogP contribution in [-0.4, -0.2) is 23.5 Å². The lowest BCUT2D eigenvalue weighted by molar-refractivity contribution is 0.0529. The molecule has 0 radical (unpaired) electrons. The van der Waals surface area contributed by atoms with E-state index in [1.807, 2.05) is 24.3 Å². The monoisotopic (exact) mass is 486 g/mol. The lowest BCUT2D eigenvalue weighted by Crippen LogP contribution is -2.15. The van der Waals surface area contributed by atoms with Gasteiger partial charge in [-0.15, -0.1) is 11.3 Å². The summed E-state index contributed by atoms with van der Waals surface area (Å²) in [6.45, 7) is 1.88. The number of ether oxygens (including phenoxy) is 1. The van der Waals surface area contributed by atoms with Gasteiger partial charge >= 0.3 is 5.97 Å². The van der Waals surface area contributed by atoms with Gasteiger partial charge in [0.2, 0.25) is 0 Å². The van der Waals surface area contributed by atoms with Gasteiger partial charge < -0.3 is 14.5 Å². The third-order valence-electron chi connectivity index (χ3n) is 5.39. The van der Waals surface area contributed by atoms with Crippen molar-refractivity contribution >= 4 is 39.1 Å². The van der Waals surface area contributed by atoms with Gasteiger partial charge in [0, 0.05) is 16.3 Å². The molecule has 0 unspecified atom stereocenters. The first-order valence-corrected chi connectivity index (χ1v) is 11.7. The normalized spacial score (nSPS) is 10.9. The van der Waals surface area contributed by atoms with Crippen LogP contribution in [0.4, 0.5) is 9.39 Å². The van der Waals surface area contributed by atoms with Gasteiger partial charge in [0.25, 0.3) is 5.91 Å². The van der Waals surface area contributed by atoms with Gasteiger partial charge in [0.1, 0.15) is 22.1 Å². The smallest absolute Gasteiger partial charge is 0.341 e. The van der Waals surface area contributed by atoms with Crippen LogP contribution in [-0.2, 0) is 4.74 Å². The van der Waals surface area contributed by atoms with E-state index in [1.54, 1.807) is 48.9 Å². The molecule has 1 amide bonds. The van der Waals surface area contributed by atoms with Gasteiger partial charge in [-0.05, 0) is 48.9 Å². The number of carbonyl (C=O) groups excluding carboxylic acids is 2. The van der Waals surface area contributed by atoms with E-state index in [4.69, 9.17) is 9.15 Å². The number of carbonyl (C=O) groups is 2. The molecule has 0 saturated heterocycles. The Hall–Kier alpha value is -4.30. The molecule has 0 fully saturated rings. The molecule has 0 spiro atoms. The topological polar surface area (TPSA) is 81.4 Å². The second-order valence-electron chi connectivity index (χ2n) is 7.58. The number of para-hydroxylation sites is 1. The molecule has 3 heterocycles. The minimum Gasteiger partial charge on any atom is -0.463 e. The van der Waals surface area contributed by atoms with Crippen molar-refractivity contribution < 1.29 is 23.1 Å². The van der Waals surface area contributed by atoms with Crippen molar-refractivity contribution in [1.82, 2.24) is 4.98 Å². The second-order valence-corrected chi connectivity index (χ2v) is 8.46. The van der Waals surface area contributed by atoms with Crippen molar-refractivity contribution in [1.29, 1.82) is 0 Å². The molecule has 0 bridgehead atoms. The van der Waals surface area contributed by atoms with Crippen LogP contribution in [0.15, 0.2) is 82.8 Å². The summed E-state index contributed by atoms with van der Waals surface area (Å²) in [7, 11) is 0. The number of pyridine rings is 1. The standard InChI is InChI=1S/C27H19FN2O4S/c1-2-33-27(32)24-20(16-9-11-17(28)12-10-16)15-35-26(24)30-25(31)19-14-22(23-8-5-13-34-23)29-21-7-4-3-6-18(19)21/h3-15H,2H2,1H3,(H,30,31). The molecule has 0 aliphatic heterocycles. The van der Waals surface area contributed by atoms with Crippen LogP contribution in [0, 0.1) is 5.82 Å². The summed E-state index contributed by atoms with van der Waals surface area (Å²) in [6.07, 6.45) is 1.54. The highest BCUT2D eigenvalue weighted by atomic mass is 32.1. The fourth-order valence-electron chi connectivity index (χ4n) is 3.78. The first kappa shape index (κ1) is 22.5. The fourth-order valence-corrected chi connectivity index (χ4v) is 4.73. The van der Waals surface area contributed by atoms with Gasteiger partial charge in [0.15, 0.2) is 5.76 Å². The fraction of sp³-hybridized carbons (Fsp3) is 0.0741. The Labute approximate surface area is 204 Å². The van der Waals surface area contributed by atoms with Crippen LogP contribution in [0.25, 0.3) is 33.5 Å². The predicted molar refractivity (Wildman–Crippen MR) is 133 cm³/mol. The van der Waals surface area contributed by atoms with Crippen molar-refractivity contribution in [2.24, 2.45) is 0 Å². The van der Waals surface area contributed by atoms with E-state index in [2.05, 4.69) is 10.3 Å². The van der Waals surface area contributed by atoms with Crippen LogP contribution >= 0.6 is 11.3 Å². The molecule has 0 saturated carbocycles. The van der Waals surface area contributed by atoms with Crippen molar-refractivity contribution in [2.75, 3.05) is 11.9 Å². The Kier molecular flexibility index (Phi) is 6.12. The number of fused-ring (bicyclic) bond motifs is 1. The molecular formula is C27H19FN2O4S. The minimum absolute atomic E-state index is 0.173. The SMILES string of the molecule is CCOC(=O)c1c(-c2ccc(F)cc2)csc1NC(=O)c1cc(-c2ccco2)nc2ccccc12. The quantitative estimate of drug-likeness (QED) is 0.267. The summed E-state index contributed by atoms with van der Waals surface area (Å²) in [4.78, 5) is 31.0. The van der Waals surface area contributed by atoms with Crippen molar-refractivity contribution in [3.63, 3.8) is 0 Å². The maximum Gasteiger partial charge on any atom is 0.341 e. The molecule has 3 aromatic heterocycles. The number of esters is 1. The molecule has 8 heteroatoms. The lowest BCUT2D eigenvalue weighted by Gasteiger charge is -2.11. The molecule has 6 nitrogen and oxygen atoms in total. The average Bonchev–Trinajstić information content (AvgIpc) is 3.55. The Morgan fingerprint density at radius 1 is 1.09 bits per heavy atom.